The van der Waals surface area contributed by atoms with Crippen molar-refractivity contribution in [2.75, 3.05) is 32.5 Å². The van der Waals surface area contributed by atoms with Crippen LogP contribution >= 0.6 is 0 Å². The second-order valence-electron chi connectivity index (χ2n) is 9.31. The lowest BCUT2D eigenvalue weighted by molar-refractivity contribution is 0.238. The molecule has 4 aromatic rings. The molecule has 180 valence electrons. The lowest BCUT2D eigenvalue weighted by Gasteiger charge is -2.22. The van der Waals surface area contributed by atoms with E-state index in [2.05, 4.69) is 59.5 Å². The largest absolute Gasteiger partial charge is 0.492 e. The van der Waals surface area contributed by atoms with E-state index >= 15 is 0 Å². The molecule has 5 heteroatoms. The molecule has 0 spiro atoms. The van der Waals surface area contributed by atoms with Gasteiger partial charge in [-0.15, -0.1) is 0 Å². The third-order valence-electron chi connectivity index (χ3n) is 6.86. The fourth-order valence-corrected chi connectivity index (χ4v) is 5.65. The summed E-state index contributed by atoms with van der Waals surface area (Å²) >= 11 is 0. The highest BCUT2D eigenvalue weighted by Gasteiger charge is 2.20. The Balaban J connectivity index is 1.47. The van der Waals surface area contributed by atoms with E-state index in [9.17, 15) is 8.42 Å². The second-order valence-corrected chi connectivity index (χ2v) is 11.3. The van der Waals surface area contributed by atoms with Gasteiger partial charge in [0.1, 0.15) is 12.4 Å². The summed E-state index contributed by atoms with van der Waals surface area (Å²) in [6.45, 7) is 4.01. The molecule has 0 aromatic heterocycles. The highest BCUT2D eigenvalue weighted by molar-refractivity contribution is 7.90. The summed E-state index contributed by atoms with van der Waals surface area (Å²) in [6.07, 6.45) is 3.82. The van der Waals surface area contributed by atoms with Gasteiger partial charge in [0, 0.05) is 18.7 Å². The first-order valence-corrected chi connectivity index (χ1v) is 14.1. The normalized spacial score (nSPS) is 15.3. The van der Waals surface area contributed by atoms with E-state index in [1.165, 1.54) is 48.5 Å². The molecule has 1 fully saturated rings. The number of hydrogen-bond donors (Lipinski definition) is 0. The molecule has 4 aromatic carbocycles. The number of nitrogens with zero attached hydrogens (tertiary/aromatic N) is 1. The van der Waals surface area contributed by atoms with E-state index in [-0.39, 0.29) is 5.92 Å². The topological polar surface area (TPSA) is 46.6 Å². The van der Waals surface area contributed by atoms with Crippen LogP contribution in [0.25, 0.3) is 10.8 Å². The zero-order chi connectivity index (χ0) is 24.3. The van der Waals surface area contributed by atoms with Crippen LogP contribution < -0.4 is 4.74 Å². The summed E-state index contributed by atoms with van der Waals surface area (Å²) in [4.78, 5) is 2.78. The minimum Gasteiger partial charge on any atom is -0.492 e. The van der Waals surface area contributed by atoms with Gasteiger partial charge in [0.05, 0.1) is 4.90 Å². The Morgan fingerprint density at radius 3 is 2.11 bits per heavy atom. The molecule has 0 N–H and O–H groups in total. The number of likely N-dealkylation sites (tertiary alicyclic amines) is 1. The van der Waals surface area contributed by atoms with Gasteiger partial charge in [-0.05, 0) is 77.7 Å². The van der Waals surface area contributed by atoms with Crippen LogP contribution in [0.1, 0.15) is 35.4 Å². The molecule has 0 bridgehead atoms. The van der Waals surface area contributed by atoms with Crippen molar-refractivity contribution in [2.45, 2.75) is 23.7 Å². The monoisotopic (exact) mass is 485 g/mol. The van der Waals surface area contributed by atoms with E-state index in [1.54, 1.807) is 12.1 Å². The maximum Gasteiger partial charge on any atom is 0.175 e. The average Bonchev–Trinajstić information content (AvgIpc) is 3.39. The van der Waals surface area contributed by atoms with E-state index in [1.807, 2.05) is 24.3 Å². The Labute approximate surface area is 208 Å². The van der Waals surface area contributed by atoms with Gasteiger partial charge in [0.15, 0.2) is 9.84 Å². The van der Waals surface area contributed by atoms with Crippen LogP contribution in [-0.4, -0.2) is 45.8 Å². The SMILES string of the molecule is CS(=O)(=O)c1ccc(C(c2ccc(OCCN3CCCC3)cc2)c2cccc3ccccc23)cc1. The molecular formula is C30H31NO3S. The Bertz CT molecular complexity index is 1380. The first-order chi connectivity index (χ1) is 17.0. The van der Waals surface area contributed by atoms with Crippen LogP contribution in [0.4, 0.5) is 0 Å². The maximum absolute atomic E-state index is 12.0. The summed E-state index contributed by atoms with van der Waals surface area (Å²) in [5.41, 5.74) is 3.38. The minimum atomic E-state index is -3.25. The number of rotatable bonds is 8. The first-order valence-electron chi connectivity index (χ1n) is 12.2. The zero-order valence-electron chi connectivity index (χ0n) is 20.1. The molecule has 0 saturated carbocycles. The molecule has 1 atom stereocenters. The van der Waals surface area contributed by atoms with Crippen LogP contribution in [0.2, 0.25) is 0 Å². The van der Waals surface area contributed by atoms with Crippen LogP contribution in [0, 0.1) is 0 Å². The van der Waals surface area contributed by atoms with E-state index in [0.29, 0.717) is 11.5 Å². The van der Waals surface area contributed by atoms with Crippen LogP contribution in [0.5, 0.6) is 5.75 Å². The third-order valence-corrected chi connectivity index (χ3v) is 7.99. The van der Waals surface area contributed by atoms with Crippen molar-refractivity contribution < 1.29 is 13.2 Å². The van der Waals surface area contributed by atoms with Crippen LogP contribution in [0.3, 0.4) is 0 Å². The molecule has 0 amide bonds. The van der Waals surface area contributed by atoms with E-state index in [0.717, 1.165) is 23.4 Å². The van der Waals surface area contributed by atoms with Crippen molar-refractivity contribution in [3.8, 4) is 5.75 Å². The predicted octanol–water partition coefficient (Wildman–Crippen LogP) is 5.90. The molecule has 1 heterocycles. The lowest BCUT2D eigenvalue weighted by Crippen LogP contribution is -2.25. The van der Waals surface area contributed by atoms with Gasteiger partial charge in [0.25, 0.3) is 0 Å². The molecule has 4 nitrogen and oxygen atoms in total. The van der Waals surface area contributed by atoms with Gasteiger partial charge >= 0.3 is 0 Å². The molecule has 0 aliphatic carbocycles. The smallest absolute Gasteiger partial charge is 0.175 e. The van der Waals surface area contributed by atoms with Crippen molar-refractivity contribution >= 4 is 20.6 Å². The fourth-order valence-electron chi connectivity index (χ4n) is 5.02. The third kappa shape index (κ3) is 5.42. The number of ether oxygens (including phenoxy) is 1. The maximum atomic E-state index is 12.0. The second kappa shape index (κ2) is 10.2. The van der Waals surface area contributed by atoms with Gasteiger partial charge < -0.3 is 4.74 Å². The zero-order valence-corrected chi connectivity index (χ0v) is 20.9. The molecular weight excluding hydrogens is 454 g/mol. The molecule has 1 saturated heterocycles. The standard InChI is InChI=1S/C30H31NO3S/c1-35(32,33)27-17-13-25(14-18-27)30(29-10-6-8-23-7-2-3-9-28(23)29)24-11-15-26(16-12-24)34-22-21-31-19-4-5-20-31/h2-3,6-18,30H,4-5,19-22H2,1H3. The van der Waals surface area contributed by atoms with Gasteiger partial charge in [-0.25, -0.2) is 8.42 Å². The van der Waals surface area contributed by atoms with Crippen molar-refractivity contribution in [1.29, 1.82) is 0 Å². The quantitative estimate of drug-likeness (QED) is 0.292. The Morgan fingerprint density at radius 1 is 0.800 bits per heavy atom. The van der Waals surface area contributed by atoms with Crippen molar-refractivity contribution in [3.63, 3.8) is 0 Å². The van der Waals surface area contributed by atoms with E-state index < -0.39 is 9.84 Å². The summed E-state index contributed by atoms with van der Waals surface area (Å²) < 4.78 is 30.1. The van der Waals surface area contributed by atoms with Crippen LogP contribution in [0.15, 0.2) is 95.9 Å². The molecule has 1 unspecified atom stereocenters. The van der Waals surface area contributed by atoms with Gasteiger partial charge in [-0.1, -0.05) is 66.7 Å². The highest BCUT2D eigenvalue weighted by atomic mass is 32.2. The number of fused-ring (bicyclic) bond motifs is 1. The summed E-state index contributed by atoms with van der Waals surface area (Å²) in [6, 6.07) is 30.4. The minimum absolute atomic E-state index is 0.0339. The van der Waals surface area contributed by atoms with E-state index in [4.69, 9.17) is 4.74 Å². The summed E-state index contributed by atoms with van der Waals surface area (Å²) in [5, 5.41) is 2.38. The van der Waals surface area contributed by atoms with Crippen molar-refractivity contribution in [3.05, 3.63) is 108 Å². The number of sulfone groups is 1. The number of benzene rings is 4. The number of hydrogen-bond acceptors (Lipinski definition) is 4. The van der Waals surface area contributed by atoms with Gasteiger partial charge in [-0.3, -0.25) is 4.90 Å². The first kappa shape index (κ1) is 23.6. The summed E-state index contributed by atoms with van der Waals surface area (Å²) in [5.74, 6) is 0.838. The summed E-state index contributed by atoms with van der Waals surface area (Å²) in [7, 11) is -3.25. The fraction of sp³-hybridized carbons (Fsp3) is 0.267. The molecule has 1 aliphatic heterocycles. The van der Waals surface area contributed by atoms with Crippen molar-refractivity contribution in [1.82, 2.24) is 4.90 Å². The lowest BCUT2D eigenvalue weighted by atomic mass is 9.83. The van der Waals surface area contributed by atoms with Crippen molar-refractivity contribution in [2.24, 2.45) is 0 Å². The Kier molecular flexibility index (Phi) is 6.89. The van der Waals surface area contributed by atoms with Crippen LogP contribution in [-0.2, 0) is 9.84 Å². The van der Waals surface area contributed by atoms with Gasteiger partial charge in [0.2, 0.25) is 0 Å². The van der Waals surface area contributed by atoms with Gasteiger partial charge in [-0.2, -0.15) is 0 Å². The molecule has 0 radical (unpaired) electrons. The molecule has 1 aliphatic rings. The Morgan fingerprint density at radius 2 is 1.43 bits per heavy atom. The average molecular weight is 486 g/mol. The molecule has 35 heavy (non-hydrogen) atoms. The predicted molar refractivity (Wildman–Crippen MR) is 142 cm³/mol. The Hall–Kier alpha value is -3.15. The molecule has 5 rings (SSSR count). The highest BCUT2D eigenvalue weighted by Crippen LogP contribution is 2.37.